The van der Waals surface area contributed by atoms with Crippen LogP contribution < -0.4 is 0 Å². The van der Waals surface area contributed by atoms with Gasteiger partial charge in [-0.25, -0.2) is 15.0 Å². The van der Waals surface area contributed by atoms with Gasteiger partial charge in [0, 0.05) is 53.3 Å². The van der Waals surface area contributed by atoms with Gasteiger partial charge < -0.3 is 4.57 Å². The van der Waals surface area contributed by atoms with Crippen LogP contribution in [-0.4, -0.2) is 19.5 Å². The van der Waals surface area contributed by atoms with Crippen LogP contribution >= 0.6 is 11.3 Å². The third-order valence-corrected chi connectivity index (χ3v) is 11.5. The van der Waals surface area contributed by atoms with Gasteiger partial charge in [-0.2, -0.15) is 0 Å². The predicted molar refractivity (Wildman–Crippen MR) is 226 cm³/mol. The van der Waals surface area contributed by atoms with E-state index in [9.17, 15) is 0 Å². The van der Waals surface area contributed by atoms with Crippen molar-refractivity contribution in [3.8, 4) is 51.0 Å². The molecule has 0 aliphatic rings. The SMILES string of the molecule is c1ccc(-c2ccc(-c3nc(-c4ccccc4)nc(-c4ccc5c(c4)sc4cc(-n6c7ccccc7c7cc8ccccc8cc76)ccc45)n3)cc2)cc1. The molecule has 0 amide bonds. The zero-order valence-electron chi connectivity index (χ0n) is 29.0. The van der Waals surface area contributed by atoms with Crippen molar-refractivity contribution in [3.05, 3.63) is 182 Å². The molecule has 0 saturated heterocycles. The number of rotatable bonds is 5. The summed E-state index contributed by atoms with van der Waals surface area (Å²) in [4.78, 5) is 15.1. The van der Waals surface area contributed by atoms with Gasteiger partial charge in [0.1, 0.15) is 0 Å². The zero-order chi connectivity index (χ0) is 35.6. The van der Waals surface area contributed by atoms with E-state index in [0.29, 0.717) is 17.5 Å². The first-order chi connectivity index (χ1) is 26.7. The van der Waals surface area contributed by atoms with Gasteiger partial charge in [-0.3, -0.25) is 0 Å². The van der Waals surface area contributed by atoms with E-state index in [2.05, 4.69) is 150 Å². The maximum absolute atomic E-state index is 5.07. The van der Waals surface area contributed by atoms with Crippen LogP contribution in [0.5, 0.6) is 0 Å². The summed E-state index contributed by atoms with van der Waals surface area (Å²) in [5.41, 5.74) is 8.78. The van der Waals surface area contributed by atoms with Crippen molar-refractivity contribution in [3.63, 3.8) is 0 Å². The van der Waals surface area contributed by atoms with Crippen molar-refractivity contribution < 1.29 is 0 Å². The summed E-state index contributed by atoms with van der Waals surface area (Å²) >= 11 is 1.81. The minimum atomic E-state index is 0.651. The minimum Gasteiger partial charge on any atom is -0.309 e. The highest BCUT2D eigenvalue weighted by atomic mass is 32.1. The highest BCUT2D eigenvalue weighted by Crippen LogP contribution is 2.40. The summed E-state index contributed by atoms with van der Waals surface area (Å²) in [5, 5.41) is 7.50. The van der Waals surface area contributed by atoms with Gasteiger partial charge in [0.15, 0.2) is 17.5 Å². The molecule has 0 atom stereocenters. The fraction of sp³-hybridized carbons (Fsp3) is 0. The average Bonchev–Trinajstić information content (AvgIpc) is 3.77. The Morgan fingerprint density at radius 2 is 0.852 bits per heavy atom. The molecule has 0 N–H and O–H groups in total. The van der Waals surface area contributed by atoms with Gasteiger partial charge in [0.25, 0.3) is 0 Å². The summed E-state index contributed by atoms with van der Waals surface area (Å²) in [6.07, 6.45) is 0. The summed E-state index contributed by atoms with van der Waals surface area (Å²) in [6.45, 7) is 0. The monoisotopic (exact) mass is 706 g/mol. The quantitative estimate of drug-likeness (QED) is 0.179. The summed E-state index contributed by atoms with van der Waals surface area (Å²) in [7, 11) is 0. The van der Waals surface area contributed by atoms with Crippen molar-refractivity contribution in [2.45, 2.75) is 0 Å². The Kier molecular flexibility index (Phi) is 7.00. The molecule has 3 aromatic heterocycles. The lowest BCUT2D eigenvalue weighted by atomic mass is 10.0. The van der Waals surface area contributed by atoms with Crippen LogP contribution in [0.1, 0.15) is 0 Å². The van der Waals surface area contributed by atoms with Gasteiger partial charge in [-0.05, 0) is 58.3 Å². The van der Waals surface area contributed by atoms with E-state index < -0.39 is 0 Å². The van der Waals surface area contributed by atoms with Crippen LogP contribution in [0.15, 0.2) is 182 Å². The second kappa shape index (κ2) is 12.3. The molecule has 0 spiro atoms. The van der Waals surface area contributed by atoms with Crippen LogP contribution in [0, 0.1) is 0 Å². The second-order valence-corrected chi connectivity index (χ2v) is 14.8. The molecule has 11 rings (SSSR count). The van der Waals surface area contributed by atoms with Gasteiger partial charge >= 0.3 is 0 Å². The number of aromatic nitrogens is 4. The first-order valence-corrected chi connectivity index (χ1v) is 18.9. The van der Waals surface area contributed by atoms with Crippen LogP contribution in [-0.2, 0) is 0 Å². The number of thiophene rings is 1. The molecule has 0 saturated carbocycles. The van der Waals surface area contributed by atoms with Gasteiger partial charge in [0.2, 0.25) is 0 Å². The highest BCUT2D eigenvalue weighted by Gasteiger charge is 2.17. The van der Waals surface area contributed by atoms with Gasteiger partial charge in [0.05, 0.1) is 11.0 Å². The number of benzene rings is 8. The smallest absolute Gasteiger partial charge is 0.164 e. The Hall–Kier alpha value is -6.95. The fourth-order valence-corrected chi connectivity index (χ4v) is 8.95. The Balaban J connectivity index is 1.03. The standard InChI is InChI=1S/C49H30N4S/c1-3-11-31(12-4-1)32-19-21-34(22-20-32)48-50-47(33-13-5-2-6-14-33)51-49(52-48)37-23-25-40-41-26-24-38(30-46(41)54-45(40)29-37)53-43-18-10-9-17-39(43)42-27-35-15-7-8-16-36(35)28-44(42)53/h1-30H. The van der Waals surface area contributed by atoms with Gasteiger partial charge in [-0.1, -0.05) is 146 Å². The van der Waals surface area contributed by atoms with Crippen molar-refractivity contribution in [1.29, 1.82) is 0 Å². The van der Waals surface area contributed by atoms with Crippen molar-refractivity contribution >= 4 is 64.1 Å². The summed E-state index contributed by atoms with van der Waals surface area (Å²) in [6, 6.07) is 64.5. The lowest BCUT2D eigenvalue weighted by molar-refractivity contribution is 1.07. The molecular weight excluding hydrogens is 677 g/mol. The van der Waals surface area contributed by atoms with Crippen molar-refractivity contribution in [2.24, 2.45) is 0 Å². The third-order valence-electron chi connectivity index (χ3n) is 10.4. The lowest BCUT2D eigenvalue weighted by Crippen LogP contribution is -2.00. The van der Waals surface area contributed by atoms with E-state index in [1.165, 1.54) is 58.3 Å². The van der Waals surface area contributed by atoms with E-state index >= 15 is 0 Å². The molecule has 0 radical (unpaired) electrons. The summed E-state index contributed by atoms with van der Waals surface area (Å²) < 4.78 is 4.85. The Morgan fingerprint density at radius 3 is 1.59 bits per heavy atom. The largest absolute Gasteiger partial charge is 0.309 e. The maximum atomic E-state index is 5.07. The van der Waals surface area contributed by atoms with E-state index in [4.69, 9.17) is 15.0 Å². The highest BCUT2D eigenvalue weighted by molar-refractivity contribution is 7.25. The number of hydrogen-bond acceptors (Lipinski definition) is 4. The predicted octanol–water partition coefficient (Wildman–Crippen LogP) is 13.2. The first-order valence-electron chi connectivity index (χ1n) is 18.1. The van der Waals surface area contributed by atoms with E-state index in [1.54, 1.807) is 0 Å². The molecule has 11 aromatic rings. The second-order valence-electron chi connectivity index (χ2n) is 13.7. The Bertz CT molecular complexity index is 3200. The molecule has 3 heterocycles. The molecule has 0 aliphatic carbocycles. The van der Waals surface area contributed by atoms with Crippen LogP contribution in [0.4, 0.5) is 0 Å². The minimum absolute atomic E-state index is 0.651. The zero-order valence-corrected chi connectivity index (χ0v) is 29.8. The van der Waals surface area contributed by atoms with E-state index in [1.807, 2.05) is 47.7 Å². The molecule has 8 aromatic carbocycles. The first kappa shape index (κ1) is 30.7. The molecule has 5 heteroatoms. The Morgan fingerprint density at radius 1 is 0.333 bits per heavy atom. The average molecular weight is 707 g/mol. The summed E-state index contributed by atoms with van der Waals surface area (Å²) in [5.74, 6) is 1.96. The molecule has 0 bridgehead atoms. The molecule has 0 unspecified atom stereocenters. The molecule has 0 fully saturated rings. The van der Waals surface area contributed by atoms with Crippen molar-refractivity contribution in [2.75, 3.05) is 0 Å². The number of nitrogens with zero attached hydrogens (tertiary/aromatic N) is 4. The fourth-order valence-electron chi connectivity index (χ4n) is 7.77. The van der Waals surface area contributed by atoms with Crippen LogP contribution in [0.2, 0.25) is 0 Å². The number of fused-ring (bicyclic) bond motifs is 7. The van der Waals surface area contributed by atoms with E-state index in [-0.39, 0.29) is 0 Å². The number of para-hydroxylation sites is 1. The molecule has 0 aliphatic heterocycles. The topological polar surface area (TPSA) is 43.6 Å². The third kappa shape index (κ3) is 5.09. The molecule has 54 heavy (non-hydrogen) atoms. The van der Waals surface area contributed by atoms with Crippen molar-refractivity contribution in [1.82, 2.24) is 19.5 Å². The normalized spacial score (nSPS) is 11.7. The lowest BCUT2D eigenvalue weighted by Gasteiger charge is -2.09. The Labute approximate surface area is 315 Å². The van der Waals surface area contributed by atoms with E-state index in [0.717, 1.165) is 27.9 Å². The molecule has 4 nitrogen and oxygen atoms in total. The van der Waals surface area contributed by atoms with Gasteiger partial charge in [-0.15, -0.1) is 11.3 Å². The van der Waals surface area contributed by atoms with Crippen LogP contribution in [0.3, 0.4) is 0 Å². The number of hydrogen-bond donors (Lipinski definition) is 0. The molecule has 252 valence electrons. The maximum Gasteiger partial charge on any atom is 0.164 e. The molecular formula is C49H30N4S. The van der Waals surface area contributed by atoms with Crippen LogP contribution in [0.25, 0.3) is 104 Å².